The number of benzene rings is 1. The number of ether oxygens (including phenoxy) is 1. The van der Waals surface area contributed by atoms with Gasteiger partial charge >= 0.3 is 6.03 Å². The molecule has 1 saturated heterocycles. The highest BCUT2D eigenvalue weighted by atomic mass is 16.5. The number of carbonyl (C=O) groups is 3. The number of carbonyl (C=O) groups excluding carboxylic acids is 3. The lowest BCUT2D eigenvalue weighted by Crippen LogP contribution is -2.32. The van der Waals surface area contributed by atoms with Crippen LogP contribution in [0.4, 0.5) is 4.79 Å². The minimum absolute atomic E-state index is 0.129. The van der Waals surface area contributed by atoms with Gasteiger partial charge < -0.3 is 10.1 Å². The summed E-state index contributed by atoms with van der Waals surface area (Å²) in [6, 6.07) is 6.66. The van der Waals surface area contributed by atoms with E-state index in [-0.39, 0.29) is 18.7 Å². The van der Waals surface area contributed by atoms with E-state index in [2.05, 4.69) is 5.32 Å². The van der Waals surface area contributed by atoms with E-state index in [1.807, 2.05) is 6.07 Å². The number of para-hydroxylation sites is 1. The monoisotopic (exact) mass is 333 g/mol. The molecule has 0 spiro atoms. The largest absolute Gasteiger partial charge is 0.496 e. The Bertz CT molecular complexity index is 671. The normalized spacial score (nSPS) is 15.6. The second kappa shape index (κ2) is 8.11. The number of imide groups is 1. The van der Waals surface area contributed by atoms with Gasteiger partial charge in [-0.05, 0) is 25.0 Å². The predicted octanol–water partition coefficient (Wildman–Crippen LogP) is 1.26. The van der Waals surface area contributed by atoms with Gasteiger partial charge in [0.25, 0.3) is 5.91 Å². The van der Waals surface area contributed by atoms with Crippen LogP contribution in [0.3, 0.4) is 0 Å². The first kappa shape index (κ1) is 17.5. The van der Waals surface area contributed by atoms with Gasteiger partial charge in [-0.2, -0.15) is 0 Å². The predicted molar refractivity (Wildman–Crippen MR) is 85.0 cm³/mol. The number of nitrogens with zero attached hydrogens (tertiary/aromatic N) is 1. The standard InChI is InChI=1S/C16H19N3O5/c1-24-13-7-3-2-6-11(13)10-12-15(21)19(16(22)17-12)9-5-4-8-14(20)18-23/h2-3,6-7,10,23H,4-5,8-9H2,1H3,(H,17,22)(H,18,20)/b12-10-. The van der Waals surface area contributed by atoms with Crippen LogP contribution in [0.1, 0.15) is 24.8 Å². The molecule has 1 heterocycles. The van der Waals surface area contributed by atoms with E-state index in [1.165, 1.54) is 12.6 Å². The lowest BCUT2D eigenvalue weighted by molar-refractivity contribution is -0.129. The summed E-state index contributed by atoms with van der Waals surface area (Å²) in [5.41, 5.74) is 2.40. The topological polar surface area (TPSA) is 108 Å². The Morgan fingerprint density at radius 2 is 2.08 bits per heavy atom. The Kier molecular flexibility index (Phi) is 5.91. The van der Waals surface area contributed by atoms with E-state index in [0.717, 1.165) is 4.90 Å². The first-order valence-electron chi connectivity index (χ1n) is 7.47. The van der Waals surface area contributed by atoms with Crippen LogP contribution in [0.2, 0.25) is 0 Å². The van der Waals surface area contributed by atoms with Crippen LogP contribution >= 0.6 is 0 Å². The van der Waals surface area contributed by atoms with Gasteiger partial charge in [-0.25, -0.2) is 10.3 Å². The van der Waals surface area contributed by atoms with Gasteiger partial charge in [0, 0.05) is 18.5 Å². The molecule has 3 N–H and O–H groups in total. The van der Waals surface area contributed by atoms with Gasteiger partial charge in [0.05, 0.1) is 7.11 Å². The number of hydroxylamine groups is 1. The second-order valence-corrected chi connectivity index (χ2v) is 5.18. The third-order valence-corrected chi connectivity index (χ3v) is 3.56. The molecule has 0 aromatic heterocycles. The Morgan fingerprint density at radius 3 is 2.79 bits per heavy atom. The maximum atomic E-state index is 12.3. The van der Waals surface area contributed by atoms with Crippen LogP contribution < -0.4 is 15.5 Å². The number of methoxy groups -OCH3 is 1. The Balaban J connectivity index is 2.00. The highest BCUT2D eigenvalue weighted by Gasteiger charge is 2.33. The second-order valence-electron chi connectivity index (χ2n) is 5.18. The van der Waals surface area contributed by atoms with Gasteiger partial charge in [-0.15, -0.1) is 0 Å². The maximum absolute atomic E-state index is 12.3. The van der Waals surface area contributed by atoms with E-state index in [9.17, 15) is 14.4 Å². The molecule has 8 nitrogen and oxygen atoms in total. The fraction of sp³-hybridized carbons (Fsp3) is 0.312. The van der Waals surface area contributed by atoms with Crippen LogP contribution in [0.5, 0.6) is 5.75 Å². The van der Waals surface area contributed by atoms with Crippen LogP contribution in [-0.4, -0.2) is 41.6 Å². The third kappa shape index (κ3) is 4.11. The van der Waals surface area contributed by atoms with Crippen molar-refractivity contribution in [3.63, 3.8) is 0 Å². The molecule has 0 atom stereocenters. The fourth-order valence-electron chi connectivity index (χ4n) is 2.33. The summed E-state index contributed by atoms with van der Waals surface area (Å²) in [7, 11) is 1.53. The molecule has 1 aromatic carbocycles. The number of hydrogen-bond acceptors (Lipinski definition) is 5. The molecule has 24 heavy (non-hydrogen) atoms. The van der Waals surface area contributed by atoms with Crippen molar-refractivity contribution in [1.82, 2.24) is 15.7 Å². The molecule has 2 rings (SSSR count). The first-order chi connectivity index (χ1) is 11.6. The SMILES string of the molecule is COc1ccccc1/C=C1\NC(=O)N(CCCCC(=O)NO)C1=O. The van der Waals surface area contributed by atoms with Crippen LogP contribution in [0, 0.1) is 0 Å². The van der Waals surface area contributed by atoms with Crippen LogP contribution in [-0.2, 0) is 9.59 Å². The molecule has 8 heteroatoms. The Morgan fingerprint density at radius 1 is 1.33 bits per heavy atom. The zero-order chi connectivity index (χ0) is 17.5. The van der Waals surface area contributed by atoms with E-state index < -0.39 is 17.8 Å². The van der Waals surface area contributed by atoms with Crippen molar-refractivity contribution in [3.05, 3.63) is 35.5 Å². The number of amides is 4. The lowest BCUT2D eigenvalue weighted by Gasteiger charge is -2.11. The fourth-order valence-corrected chi connectivity index (χ4v) is 2.33. The average molecular weight is 333 g/mol. The number of rotatable bonds is 7. The molecule has 1 aliphatic rings. The molecule has 0 aliphatic carbocycles. The number of nitrogens with one attached hydrogen (secondary N) is 2. The molecule has 4 amide bonds. The number of unbranched alkanes of at least 4 members (excludes halogenated alkanes) is 1. The van der Waals surface area contributed by atoms with E-state index >= 15 is 0 Å². The summed E-state index contributed by atoms with van der Waals surface area (Å²) in [5.74, 6) is -0.318. The molecule has 1 aromatic rings. The summed E-state index contributed by atoms with van der Waals surface area (Å²) in [4.78, 5) is 36.3. The van der Waals surface area contributed by atoms with E-state index in [1.54, 1.807) is 24.3 Å². The van der Waals surface area contributed by atoms with Crippen molar-refractivity contribution >= 4 is 23.9 Å². The maximum Gasteiger partial charge on any atom is 0.329 e. The van der Waals surface area contributed by atoms with Crippen molar-refractivity contribution < 1.29 is 24.3 Å². The molecule has 0 unspecified atom stereocenters. The van der Waals surface area contributed by atoms with Gasteiger partial charge in [-0.1, -0.05) is 18.2 Å². The number of urea groups is 1. The van der Waals surface area contributed by atoms with Gasteiger partial charge in [0.15, 0.2) is 0 Å². The van der Waals surface area contributed by atoms with Crippen molar-refractivity contribution in [2.45, 2.75) is 19.3 Å². The molecule has 0 saturated carbocycles. The molecule has 1 aliphatic heterocycles. The van der Waals surface area contributed by atoms with Crippen molar-refractivity contribution in [2.75, 3.05) is 13.7 Å². The summed E-state index contributed by atoms with van der Waals surface area (Å²) in [6.07, 6.45) is 2.62. The van der Waals surface area contributed by atoms with Gasteiger partial charge in [0.1, 0.15) is 11.4 Å². The quantitative estimate of drug-likeness (QED) is 0.229. The molecule has 1 fully saturated rings. The summed E-state index contributed by atoms with van der Waals surface area (Å²) in [5, 5.41) is 10.9. The zero-order valence-electron chi connectivity index (χ0n) is 13.2. The average Bonchev–Trinajstić information content (AvgIpc) is 2.85. The Labute approximate surface area is 139 Å². The first-order valence-corrected chi connectivity index (χ1v) is 7.47. The number of hydrogen-bond donors (Lipinski definition) is 3. The molecule has 0 bridgehead atoms. The van der Waals surface area contributed by atoms with Crippen LogP contribution in [0.25, 0.3) is 6.08 Å². The smallest absolute Gasteiger partial charge is 0.329 e. The minimum Gasteiger partial charge on any atom is -0.496 e. The molecule has 128 valence electrons. The minimum atomic E-state index is -0.496. The zero-order valence-corrected chi connectivity index (χ0v) is 13.2. The third-order valence-electron chi connectivity index (χ3n) is 3.56. The van der Waals surface area contributed by atoms with Gasteiger partial charge in [0.2, 0.25) is 5.91 Å². The van der Waals surface area contributed by atoms with Gasteiger partial charge in [-0.3, -0.25) is 19.7 Å². The highest BCUT2D eigenvalue weighted by molar-refractivity contribution is 6.14. The van der Waals surface area contributed by atoms with Crippen molar-refractivity contribution in [1.29, 1.82) is 0 Å². The van der Waals surface area contributed by atoms with E-state index in [4.69, 9.17) is 9.94 Å². The molecule has 0 radical (unpaired) electrons. The summed E-state index contributed by atoms with van der Waals surface area (Å²) < 4.78 is 5.22. The van der Waals surface area contributed by atoms with Crippen molar-refractivity contribution in [2.24, 2.45) is 0 Å². The van der Waals surface area contributed by atoms with Crippen molar-refractivity contribution in [3.8, 4) is 5.75 Å². The summed E-state index contributed by atoms with van der Waals surface area (Å²) >= 11 is 0. The Hall–Kier alpha value is -2.87. The lowest BCUT2D eigenvalue weighted by atomic mass is 10.1. The molecular weight excluding hydrogens is 314 g/mol. The molecular formula is C16H19N3O5. The van der Waals surface area contributed by atoms with E-state index in [0.29, 0.717) is 24.2 Å². The summed E-state index contributed by atoms with van der Waals surface area (Å²) in [6.45, 7) is 0.201. The van der Waals surface area contributed by atoms with Crippen LogP contribution in [0.15, 0.2) is 30.0 Å². The highest BCUT2D eigenvalue weighted by Crippen LogP contribution is 2.22.